The molecule has 0 atom stereocenters. The van der Waals surface area contributed by atoms with Crippen molar-refractivity contribution in [2.45, 2.75) is 20.8 Å². The predicted octanol–water partition coefficient (Wildman–Crippen LogP) is 4.77. The van der Waals surface area contributed by atoms with E-state index in [1.165, 1.54) is 24.6 Å². The molecule has 4 rings (SSSR count). The van der Waals surface area contributed by atoms with Gasteiger partial charge in [-0.25, -0.2) is 9.97 Å². The van der Waals surface area contributed by atoms with E-state index in [1.54, 1.807) is 13.8 Å². The third-order valence-corrected chi connectivity index (χ3v) is 5.71. The minimum atomic E-state index is -0.235. The third-order valence-electron chi connectivity index (χ3n) is 4.83. The minimum Gasteiger partial charge on any atom is -0.469 e. The van der Waals surface area contributed by atoms with E-state index in [9.17, 15) is 9.59 Å². The average molecular weight is 405 g/mol. The number of H-pyrrole nitrogens is 1. The number of hydrogen-bond acceptors (Lipinski definition) is 6. The zero-order valence-corrected chi connectivity index (χ0v) is 17.1. The van der Waals surface area contributed by atoms with Crippen LogP contribution in [-0.2, 0) is 0 Å². The number of hydrogen-bond donors (Lipinski definition) is 1. The van der Waals surface area contributed by atoms with Gasteiger partial charge in [-0.3, -0.25) is 9.59 Å². The summed E-state index contributed by atoms with van der Waals surface area (Å²) >= 11 is 1.50. The molecule has 1 N–H and O–H groups in total. The molecule has 0 radical (unpaired) electrons. The molecule has 1 aromatic carbocycles. The SMILES string of the molecule is CC(=O)c1c(C)[nH]c(C(=O)COc2ncnc3scc(-c4ccccc4)c23)c1C. The van der Waals surface area contributed by atoms with Crippen molar-refractivity contribution in [1.82, 2.24) is 15.0 Å². The van der Waals surface area contributed by atoms with E-state index in [0.717, 1.165) is 21.3 Å². The van der Waals surface area contributed by atoms with Crippen LogP contribution in [0.5, 0.6) is 5.88 Å². The molecule has 0 saturated carbocycles. The lowest BCUT2D eigenvalue weighted by Crippen LogP contribution is -2.14. The van der Waals surface area contributed by atoms with Gasteiger partial charge in [0.25, 0.3) is 0 Å². The van der Waals surface area contributed by atoms with E-state index in [2.05, 4.69) is 15.0 Å². The normalized spacial score (nSPS) is 11.0. The molecule has 0 spiro atoms. The lowest BCUT2D eigenvalue weighted by Gasteiger charge is -2.07. The fraction of sp³-hybridized carbons (Fsp3) is 0.182. The first-order chi connectivity index (χ1) is 14.0. The number of carbonyl (C=O) groups excluding carboxylic acids is 2. The number of aromatic amines is 1. The average Bonchev–Trinajstić information content (AvgIpc) is 3.27. The zero-order chi connectivity index (χ0) is 20.5. The molecule has 0 saturated heterocycles. The highest BCUT2D eigenvalue weighted by Gasteiger charge is 2.21. The minimum absolute atomic E-state index is 0.0699. The van der Waals surface area contributed by atoms with Gasteiger partial charge in [0.15, 0.2) is 12.4 Å². The highest BCUT2D eigenvalue weighted by atomic mass is 32.1. The first kappa shape index (κ1) is 19.0. The summed E-state index contributed by atoms with van der Waals surface area (Å²) in [5, 5.41) is 2.81. The van der Waals surface area contributed by atoms with Gasteiger partial charge in [0.05, 0.1) is 11.1 Å². The van der Waals surface area contributed by atoms with Crippen LogP contribution in [0.25, 0.3) is 21.3 Å². The van der Waals surface area contributed by atoms with Crippen molar-refractivity contribution in [2.24, 2.45) is 0 Å². The monoisotopic (exact) mass is 405 g/mol. The van der Waals surface area contributed by atoms with Gasteiger partial charge in [0, 0.05) is 22.2 Å². The van der Waals surface area contributed by atoms with E-state index in [1.807, 2.05) is 35.7 Å². The maximum absolute atomic E-state index is 12.7. The molecular weight excluding hydrogens is 386 g/mol. The number of rotatable bonds is 6. The number of ether oxygens (including phenoxy) is 1. The Morgan fingerprint density at radius 2 is 1.90 bits per heavy atom. The maximum Gasteiger partial charge on any atom is 0.226 e. The van der Waals surface area contributed by atoms with Crippen molar-refractivity contribution in [3.8, 4) is 17.0 Å². The molecule has 0 aliphatic rings. The van der Waals surface area contributed by atoms with Gasteiger partial charge in [-0.2, -0.15) is 0 Å². The van der Waals surface area contributed by atoms with Gasteiger partial charge in [-0.15, -0.1) is 11.3 Å². The Bertz CT molecular complexity index is 1230. The molecule has 0 unspecified atom stereocenters. The Morgan fingerprint density at radius 1 is 1.14 bits per heavy atom. The largest absolute Gasteiger partial charge is 0.469 e. The number of nitrogens with one attached hydrogen (secondary N) is 1. The van der Waals surface area contributed by atoms with Crippen LogP contribution in [0.4, 0.5) is 0 Å². The lowest BCUT2D eigenvalue weighted by atomic mass is 10.1. The molecule has 3 aromatic heterocycles. The highest BCUT2D eigenvalue weighted by Crippen LogP contribution is 2.37. The van der Waals surface area contributed by atoms with Crippen LogP contribution in [-0.4, -0.2) is 33.1 Å². The fourth-order valence-corrected chi connectivity index (χ4v) is 4.46. The summed E-state index contributed by atoms with van der Waals surface area (Å²) in [5.41, 5.74) is 4.29. The van der Waals surface area contributed by atoms with Crippen LogP contribution < -0.4 is 4.74 Å². The highest BCUT2D eigenvalue weighted by molar-refractivity contribution is 7.17. The molecule has 7 heteroatoms. The number of nitrogens with zero attached hydrogens (tertiary/aromatic N) is 2. The summed E-state index contributed by atoms with van der Waals surface area (Å²) < 4.78 is 5.82. The number of aromatic nitrogens is 3. The number of benzene rings is 1. The van der Waals surface area contributed by atoms with Crippen molar-refractivity contribution in [1.29, 1.82) is 0 Å². The Hall–Kier alpha value is -3.32. The Balaban J connectivity index is 1.64. The number of thiophene rings is 1. The summed E-state index contributed by atoms with van der Waals surface area (Å²) in [5.74, 6) is 0.0667. The number of Topliss-reactive ketones (excluding diaryl/α,β-unsaturated/α-hetero) is 2. The van der Waals surface area contributed by atoms with Crippen molar-refractivity contribution in [3.63, 3.8) is 0 Å². The van der Waals surface area contributed by atoms with Crippen LogP contribution in [0.1, 0.15) is 39.0 Å². The summed E-state index contributed by atoms with van der Waals surface area (Å²) in [6.45, 7) is 4.86. The number of carbonyl (C=O) groups is 2. The number of aryl methyl sites for hydroxylation is 1. The summed E-state index contributed by atoms with van der Waals surface area (Å²) in [7, 11) is 0. The van der Waals surface area contributed by atoms with Gasteiger partial charge in [0.1, 0.15) is 11.2 Å². The number of fused-ring (bicyclic) bond motifs is 1. The van der Waals surface area contributed by atoms with Crippen LogP contribution in [0.3, 0.4) is 0 Å². The van der Waals surface area contributed by atoms with E-state index >= 15 is 0 Å². The lowest BCUT2D eigenvalue weighted by molar-refractivity contribution is 0.0914. The van der Waals surface area contributed by atoms with Crippen LogP contribution in [0, 0.1) is 13.8 Å². The maximum atomic E-state index is 12.7. The van der Waals surface area contributed by atoms with E-state index in [4.69, 9.17) is 4.74 Å². The second-order valence-corrected chi connectivity index (χ2v) is 7.63. The third kappa shape index (κ3) is 3.45. The molecule has 0 bridgehead atoms. The van der Waals surface area contributed by atoms with Crippen molar-refractivity contribution >= 4 is 33.1 Å². The fourth-order valence-electron chi connectivity index (χ4n) is 3.55. The Kier molecular flexibility index (Phi) is 4.98. The second kappa shape index (κ2) is 7.60. The molecule has 0 aliphatic heterocycles. The van der Waals surface area contributed by atoms with Crippen LogP contribution in [0.2, 0.25) is 0 Å². The first-order valence-corrected chi connectivity index (χ1v) is 9.99. The van der Waals surface area contributed by atoms with E-state index in [-0.39, 0.29) is 18.2 Å². The van der Waals surface area contributed by atoms with E-state index < -0.39 is 0 Å². The zero-order valence-electron chi connectivity index (χ0n) is 16.3. The summed E-state index contributed by atoms with van der Waals surface area (Å²) in [4.78, 5) is 37.0. The molecule has 0 fully saturated rings. The molecule has 0 aliphatic carbocycles. The molecule has 146 valence electrons. The van der Waals surface area contributed by atoms with Gasteiger partial charge < -0.3 is 9.72 Å². The molecule has 0 amide bonds. The van der Waals surface area contributed by atoms with Crippen LogP contribution in [0.15, 0.2) is 42.0 Å². The Labute approximate surface area is 171 Å². The van der Waals surface area contributed by atoms with Gasteiger partial charge >= 0.3 is 0 Å². The van der Waals surface area contributed by atoms with Gasteiger partial charge in [0.2, 0.25) is 11.7 Å². The molecular formula is C22H19N3O3S. The smallest absolute Gasteiger partial charge is 0.226 e. The van der Waals surface area contributed by atoms with Crippen molar-refractivity contribution in [3.05, 3.63) is 64.6 Å². The molecule has 29 heavy (non-hydrogen) atoms. The Morgan fingerprint density at radius 3 is 2.59 bits per heavy atom. The van der Waals surface area contributed by atoms with Crippen LogP contribution >= 0.6 is 11.3 Å². The molecule has 3 heterocycles. The van der Waals surface area contributed by atoms with Gasteiger partial charge in [-0.1, -0.05) is 30.3 Å². The molecule has 4 aromatic rings. The quantitative estimate of drug-likeness (QED) is 0.467. The van der Waals surface area contributed by atoms with E-state index in [0.29, 0.717) is 28.4 Å². The predicted molar refractivity (Wildman–Crippen MR) is 113 cm³/mol. The summed E-state index contributed by atoms with van der Waals surface area (Å²) in [6.07, 6.45) is 1.44. The summed E-state index contributed by atoms with van der Waals surface area (Å²) in [6, 6.07) is 9.92. The molecule has 6 nitrogen and oxygen atoms in total. The number of ketones is 2. The van der Waals surface area contributed by atoms with Crippen molar-refractivity contribution in [2.75, 3.05) is 6.61 Å². The first-order valence-electron chi connectivity index (χ1n) is 9.11. The second-order valence-electron chi connectivity index (χ2n) is 6.77. The topological polar surface area (TPSA) is 84.9 Å². The van der Waals surface area contributed by atoms with Crippen molar-refractivity contribution < 1.29 is 14.3 Å². The van der Waals surface area contributed by atoms with Gasteiger partial charge in [-0.05, 0) is 31.9 Å². The standard InChI is InChI=1S/C22H19N3O3S/c1-12-18(14(3)26)13(2)25-20(12)17(27)9-28-21-19-16(15-7-5-4-6-8-15)10-29-22(19)24-11-23-21/h4-8,10-11,25H,9H2,1-3H3.